The quantitative estimate of drug-likeness (QED) is 0.241. The van der Waals surface area contributed by atoms with Gasteiger partial charge in [0.15, 0.2) is 0 Å². The summed E-state index contributed by atoms with van der Waals surface area (Å²) in [6.45, 7) is 0. The number of halogens is 9. The SMILES string of the molecule is [Cl-].[Cl-].[Cl-].[Cl][Sn+]([Cl])[c]1ccccc1.[Cl][Sn+]([Cl])[c]1ccccc1.[Cl][Sn+]([Cl])[c]1ccccc1. The topological polar surface area (TPSA) is 0 Å². The fraction of sp³-hybridized carbons (Fsp3) is 0. The molecule has 30 heavy (non-hydrogen) atoms. The first-order valence-electron chi connectivity index (χ1n) is 7.62. The van der Waals surface area contributed by atoms with Crippen molar-refractivity contribution >= 4 is 117 Å². The molecular weight excluding hydrogens is 891 g/mol. The van der Waals surface area contributed by atoms with Gasteiger partial charge in [0.05, 0.1) is 0 Å². The zero-order valence-electron chi connectivity index (χ0n) is 15.1. The molecule has 0 nitrogen and oxygen atoms in total. The third-order valence-corrected chi connectivity index (χ3v) is 18.4. The van der Waals surface area contributed by atoms with Crippen LogP contribution in [-0.4, -0.2) is 52.5 Å². The molecule has 0 aliphatic rings. The Balaban J connectivity index is -0.000000347. The van der Waals surface area contributed by atoms with Crippen molar-refractivity contribution in [1.82, 2.24) is 0 Å². The molecule has 0 amide bonds. The van der Waals surface area contributed by atoms with Gasteiger partial charge in [0.2, 0.25) is 0 Å². The molecule has 3 rings (SSSR count). The Kier molecular flexibility index (Phi) is 29.0. The van der Waals surface area contributed by atoms with Crippen molar-refractivity contribution in [3.8, 4) is 0 Å². The summed E-state index contributed by atoms with van der Waals surface area (Å²) in [7, 11) is 34.6. The van der Waals surface area contributed by atoms with Crippen LogP contribution in [-0.2, 0) is 0 Å². The molecule has 0 aliphatic heterocycles. The van der Waals surface area contributed by atoms with Crippen LogP contribution < -0.4 is 48.0 Å². The van der Waals surface area contributed by atoms with Crippen LogP contribution in [0.2, 0.25) is 0 Å². The number of rotatable bonds is 3. The van der Waals surface area contributed by atoms with Gasteiger partial charge < -0.3 is 37.2 Å². The summed E-state index contributed by atoms with van der Waals surface area (Å²) in [6, 6.07) is 29.5. The Morgan fingerprint density at radius 2 is 0.500 bits per heavy atom. The second-order valence-corrected chi connectivity index (χ2v) is 33.4. The summed E-state index contributed by atoms with van der Waals surface area (Å²) in [4.78, 5) is 0. The van der Waals surface area contributed by atoms with E-state index in [0.717, 1.165) is 10.7 Å². The van der Waals surface area contributed by atoms with Crippen LogP contribution in [0.15, 0.2) is 91.0 Å². The molecule has 3 aromatic rings. The van der Waals surface area contributed by atoms with E-state index in [1.165, 1.54) is 0 Å². The fourth-order valence-electron chi connectivity index (χ4n) is 1.69. The van der Waals surface area contributed by atoms with Gasteiger partial charge in [-0.1, -0.05) is 0 Å². The van der Waals surface area contributed by atoms with Gasteiger partial charge in [-0.25, -0.2) is 0 Å². The molecule has 0 bridgehead atoms. The first-order valence-corrected chi connectivity index (χ1v) is 33.6. The van der Waals surface area contributed by atoms with Gasteiger partial charge in [0, 0.05) is 0 Å². The molecule has 0 spiro atoms. The Hall–Kier alpha value is 2.67. The van der Waals surface area contributed by atoms with Crippen molar-refractivity contribution in [3.63, 3.8) is 0 Å². The Morgan fingerprint density at radius 3 is 0.600 bits per heavy atom. The summed E-state index contributed by atoms with van der Waals surface area (Å²) in [5.41, 5.74) is 0. The summed E-state index contributed by atoms with van der Waals surface area (Å²) < 4.78 is 3.43. The minimum absolute atomic E-state index is 0. The van der Waals surface area contributed by atoms with Gasteiger partial charge in [-0.2, -0.15) is 0 Å². The minimum atomic E-state index is -2.08. The zero-order valence-corrected chi connectivity index (χ0v) is 30.4. The number of hydrogen-bond donors (Lipinski definition) is 0. The van der Waals surface area contributed by atoms with E-state index in [0.29, 0.717) is 0 Å². The fourth-order valence-corrected chi connectivity index (χ4v) is 10.6. The predicted octanol–water partition coefficient (Wildman–Crippen LogP) is -3.41. The van der Waals surface area contributed by atoms with Crippen LogP contribution in [0, 0.1) is 0 Å². The maximum atomic E-state index is 5.77. The van der Waals surface area contributed by atoms with E-state index in [1.807, 2.05) is 91.0 Å². The van der Waals surface area contributed by atoms with E-state index >= 15 is 0 Å². The standard InChI is InChI=1S/3C6H5.9ClH.3Sn/c3*1-2-4-6-5-3-1;;;;;;;;;;;;/h3*1-5H;9*1H;;;/q;;;;;;;;;;;;3*+3/p-9. The molecule has 0 fully saturated rings. The summed E-state index contributed by atoms with van der Waals surface area (Å²) in [6.07, 6.45) is 0. The van der Waals surface area contributed by atoms with E-state index in [9.17, 15) is 0 Å². The molecule has 0 saturated heterocycles. The molecule has 0 heterocycles. The van der Waals surface area contributed by atoms with Crippen LogP contribution in [0.3, 0.4) is 0 Å². The first-order chi connectivity index (χ1) is 12.9. The van der Waals surface area contributed by atoms with Crippen molar-refractivity contribution in [1.29, 1.82) is 0 Å². The molecule has 0 N–H and O–H groups in total. The van der Waals surface area contributed by atoms with Gasteiger partial charge >= 0.3 is 208 Å². The summed E-state index contributed by atoms with van der Waals surface area (Å²) in [5.74, 6) is 0. The third kappa shape index (κ3) is 18.1. The molecule has 162 valence electrons. The van der Waals surface area contributed by atoms with Gasteiger partial charge in [-0.3, -0.25) is 0 Å². The van der Waals surface area contributed by atoms with Crippen LogP contribution in [0.4, 0.5) is 0 Å². The van der Waals surface area contributed by atoms with Crippen LogP contribution in [0.5, 0.6) is 0 Å². The van der Waals surface area contributed by atoms with Gasteiger partial charge in [-0.15, -0.1) is 0 Å². The Labute approximate surface area is 241 Å². The van der Waals surface area contributed by atoms with Crippen molar-refractivity contribution in [2.45, 2.75) is 0 Å². The number of hydrogen-bond acceptors (Lipinski definition) is 0. The number of benzene rings is 3. The second kappa shape index (κ2) is 23.4. The molecule has 0 saturated carbocycles. The van der Waals surface area contributed by atoms with Gasteiger partial charge in [-0.05, 0) is 0 Å². The van der Waals surface area contributed by atoms with Crippen LogP contribution >= 0.6 is 53.5 Å². The second-order valence-electron chi connectivity index (χ2n) is 4.88. The molecule has 0 atom stereocenters. The van der Waals surface area contributed by atoms with E-state index in [-0.39, 0.29) is 37.2 Å². The predicted molar refractivity (Wildman–Crippen MR) is 131 cm³/mol. The zero-order chi connectivity index (χ0) is 20.1. The average Bonchev–Trinajstić information content (AvgIpc) is 2.71. The van der Waals surface area contributed by atoms with Gasteiger partial charge in [0.1, 0.15) is 0 Å². The van der Waals surface area contributed by atoms with Crippen molar-refractivity contribution in [2.24, 2.45) is 0 Å². The van der Waals surface area contributed by atoms with E-state index in [2.05, 4.69) is 0 Å². The first kappa shape index (κ1) is 37.2. The molecule has 0 radical (unpaired) electrons. The Morgan fingerprint density at radius 1 is 0.333 bits per heavy atom. The third-order valence-electron chi connectivity index (χ3n) is 2.98. The molecular formula is C18H15Cl9Sn3. The normalized spacial score (nSPS) is 8.20. The molecule has 0 aliphatic carbocycles. The summed E-state index contributed by atoms with van der Waals surface area (Å²) >= 11 is -6.23. The van der Waals surface area contributed by atoms with Gasteiger partial charge in [0.25, 0.3) is 0 Å². The Bertz CT molecular complexity index is 630. The monoisotopic (exact) mass is 906 g/mol. The van der Waals surface area contributed by atoms with E-state index in [1.54, 1.807) is 0 Å². The van der Waals surface area contributed by atoms with Crippen molar-refractivity contribution in [3.05, 3.63) is 91.0 Å². The van der Waals surface area contributed by atoms with Crippen LogP contribution in [0.25, 0.3) is 0 Å². The maximum absolute atomic E-state index is 5.77. The van der Waals surface area contributed by atoms with Crippen molar-refractivity contribution < 1.29 is 37.2 Å². The van der Waals surface area contributed by atoms with Crippen LogP contribution in [0.1, 0.15) is 0 Å². The van der Waals surface area contributed by atoms with E-state index in [4.69, 9.17) is 53.5 Å². The van der Waals surface area contributed by atoms with E-state index < -0.39 is 52.5 Å². The molecule has 0 unspecified atom stereocenters. The summed E-state index contributed by atoms with van der Waals surface area (Å²) in [5, 5.41) is 0. The molecule has 12 heteroatoms. The average molecular weight is 907 g/mol. The molecule has 3 aromatic carbocycles. The molecule has 0 aromatic heterocycles. The van der Waals surface area contributed by atoms with Crippen molar-refractivity contribution in [2.75, 3.05) is 0 Å².